The van der Waals surface area contributed by atoms with Gasteiger partial charge in [0.15, 0.2) is 6.29 Å². The van der Waals surface area contributed by atoms with E-state index < -0.39 is 6.29 Å². The number of nitrogens with zero attached hydrogens (tertiary/aromatic N) is 4. The van der Waals surface area contributed by atoms with Crippen molar-refractivity contribution in [3.63, 3.8) is 0 Å². The molecule has 0 radical (unpaired) electrons. The van der Waals surface area contributed by atoms with E-state index in [-0.39, 0.29) is 6.61 Å². The molecular weight excluding hydrogens is 208 g/mol. The minimum atomic E-state index is -0.879. The van der Waals surface area contributed by atoms with Gasteiger partial charge in [-0.15, -0.1) is 0 Å². The topological polar surface area (TPSA) is 73.1 Å². The predicted molar refractivity (Wildman–Crippen MR) is 55.1 cm³/mol. The third kappa shape index (κ3) is 3.11. The van der Waals surface area contributed by atoms with Crippen LogP contribution in [-0.4, -0.2) is 31.1 Å². The highest BCUT2D eigenvalue weighted by Gasteiger charge is 2.05. The van der Waals surface area contributed by atoms with Crippen molar-refractivity contribution in [2.24, 2.45) is 0 Å². The second kappa shape index (κ2) is 5.34. The summed E-state index contributed by atoms with van der Waals surface area (Å²) in [5, 5.41) is 17.1. The predicted octanol–water partition coefficient (Wildman–Crippen LogP) is 0.208. The minimum absolute atomic E-state index is 0.240. The second-order valence-corrected chi connectivity index (χ2v) is 3.24. The molecule has 0 aromatic carbocycles. The molecule has 1 atom stereocenters. The number of imidazole rings is 1. The Bertz CT molecular complexity index is 404. The Balaban J connectivity index is 1.78. The molecule has 0 aliphatic carbocycles. The normalized spacial score (nSPS) is 12.6. The Morgan fingerprint density at radius 1 is 1.44 bits per heavy atom. The van der Waals surface area contributed by atoms with E-state index in [1.54, 1.807) is 41.6 Å². The summed E-state index contributed by atoms with van der Waals surface area (Å²) in [5.41, 5.74) is 0.687. The fraction of sp³-hybridized carbons (Fsp3) is 0.300. The Labute approximate surface area is 92.5 Å². The highest BCUT2D eigenvalue weighted by atomic mass is 16.6. The maximum absolute atomic E-state index is 9.56. The van der Waals surface area contributed by atoms with Crippen molar-refractivity contribution in [1.82, 2.24) is 19.7 Å². The van der Waals surface area contributed by atoms with E-state index in [4.69, 9.17) is 4.74 Å². The smallest absolute Gasteiger partial charge is 0.173 e. The number of hydrogen-bond acceptors (Lipinski definition) is 5. The molecule has 0 aliphatic rings. The van der Waals surface area contributed by atoms with E-state index >= 15 is 0 Å². The second-order valence-electron chi connectivity index (χ2n) is 3.24. The standard InChI is InChI=1S/C10H12N4O2/c15-10(6-14-5-4-11-8-14)16-7-9-2-1-3-12-13-9/h1-5,8,10,15H,6-7H2. The number of rotatable bonds is 5. The molecule has 2 aromatic heterocycles. The van der Waals surface area contributed by atoms with Crippen molar-refractivity contribution < 1.29 is 9.84 Å². The summed E-state index contributed by atoms with van der Waals surface area (Å²) in [6, 6.07) is 3.56. The van der Waals surface area contributed by atoms with Gasteiger partial charge >= 0.3 is 0 Å². The van der Waals surface area contributed by atoms with Crippen LogP contribution in [0.3, 0.4) is 0 Å². The van der Waals surface area contributed by atoms with Crippen LogP contribution in [0.5, 0.6) is 0 Å². The van der Waals surface area contributed by atoms with Crippen LogP contribution in [0.15, 0.2) is 37.1 Å². The molecular formula is C10H12N4O2. The quantitative estimate of drug-likeness (QED) is 0.729. The molecule has 2 heterocycles. The molecule has 0 fully saturated rings. The lowest BCUT2D eigenvalue weighted by atomic mass is 10.4. The lowest BCUT2D eigenvalue weighted by molar-refractivity contribution is -0.117. The fourth-order valence-electron chi connectivity index (χ4n) is 1.22. The Kier molecular flexibility index (Phi) is 3.58. The third-order valence-corrected chi connectivity index (χ3v) is 1.98. The van der Waals surface area contributed by atoms with E-state index in [1.165, 1.54) is 0 Å². The number of aliphatic hydroxyl groups is 1. The van der Waals surface area contributed by atoms with Crippen molar-refractivity contribution in [3.8, 4) is 0 Å². The number of aromatic nitrogens is 4. The third-order valence-electron chi connectivity index (χ3n) is 1.98. The van der Waals surface area contributed by atoms with Gasteiger partial charge in [0.05, 0.1) is 25.2 Å². The lowest BCUT2D eigenvalue weighted by Crippen LogP contribution is -2.18. The van der Waals surface area contributed by atoms with E-state index in [0.29, 0.717) is 12.2 Å². The van der Waals surface area contributed by atoms with Crippen LogP contribution in [-0.2, 0) is 17.9 Å². The molecule has 0 saturated carbocycles. The van der Waals surface area contributed by atoms with Crippen LogP contribution < -0.4 is 0 Å². The monoisotopic (exact) mass is 220 g/mol. The van der Waals surface area contributed by atoms with Crippen molar-refractivity contribution in [1.29, 1.82) is 0 Å². The van der Waals surface area contributed by atoms with Crippen LogP contribution in [0.25, 0.3) is 0 Å². The molecule has 2 aromatic rings. The van der Waals surface area contributed by atoms with Gasteiger partial charge < -0.3 is 14.4 Å². The van der Waals surface area contributed by atoms with Gasteiger partial charge in [0, 0.05) is 18.6 Å². The lowest BCUT2D eigenvalue weighted by Gasteiger charge is -2.11. The average molecular weight is 220 g/mol. The van der Waals surface area contributed by atoms with Crippen molar-refractivity contribution in [2.45, 2.75) is 19.4 Å². The first kappa shape index (κ1) is 10.7. The first-order chi connectivity index (χ1) is 7.84. The summed E-state index contributed by atoms with van der Waals surface area (Å²) in [6.07, 6.45) is 5.74. The van der Waals surface area contributed by atoms with Crippen LogP contribution in [0.4, 0.5) is 0 Å². The van der Waals surface area contributed by atoms with Gasteiger partial charge in [0.25, 0.3) is 0 Å². The van der Waals surface area contributed by atoms with Crippen LogP contribution in [0.1, 0.15) is 5.69 Å². The van der Waals surface area contributed by atoms with Gasteiger partial charge in [-0.05, 0) is 12.1 Å². The van der Waals surface area contributed by atoms with Gasteiger partial charge in [-0.3, -0.25) is 0 Å². The van der Waals surface area contributed by atoms with Crippen LogP contribution in [0.2, 0.25) is 0 Å². The largest absolute Gasteiger partial charge is 0.366 e. The summed E-state index contributed by atoms with van der Waals surface area (Å²) in [6.45, 7) is 0.587. The molecule has 1 N–H and O–H groups in total. The zero-order valence-corrected chi connectivity index (χ0v) is 8.60. The first-order valence-corrected chi connectivity index (χ1v) is 4.86. The summed E-state index contributed by atoms with van der Waals surface area (Å²) in [7, 11) is 0. The molecule has 6 heteroatoms. The molecule has 1 unspecified atom stereocenters. The molecule has 84 valence electrons. The molecule has 6 nitrogen and oxygen atoms in total. The summed E-state index contributed by atoms with van der Waals surface area (Å²) < 4.78 is 6.94. The molecule has 0 amide bonds. The zero-order chi connectivity index (χ0) is 11.2. The maximum atomic E-state index is 9.56. The van der Waals surface area contributed by atoms with Crippen molar-refractivity contribution >= 4 is 0 Å². The molecule has 0 spiro atoms. The summed E-state index contributed by atoms with van der Waals surface area (Å²) in [4.78, 5) is 3.87. The van der Waals surface area contributed by atoms with Gasteiger partial charge in [0.2, 0.25) is 0 Å². The SMILES string of the molecule is OC(Cn1ccnc1)OCc1cccnn1. The Hall–Kier alpha value is -1.79. The number of aliphatic hydroxyl groups excluding tert-OH is 1. The summed E-state index contributed by atoms with van der Waals surface area (Å²) in [5.74, 6) is 0. The number of hydrogen-bond donors (Lipinski definition) is 1. The highest BCUT2D eigenvalue weighted by molar-refractivity contribution is 4.96. The van der Waals surface area contributed by atoms with E-state index in [2.05, 4.69) is 15.2 Å². The van der Waals surface area contributed by atoms with Gasteiger partial charge in [0.1, 0.15) is 0 Å². The molecule has 0 aliphatic heterocycles. The van der Waals surface area contributed by atoms with Gasteiger partial charge in [-0.2, -0.15) is 10.2 Å². The van der Waals surface area contributed by atoms with Crippen LogP contribution >= 0.6 is 0 Å². The van der Waals surface area contributed by atoms with Gasteiger partial charge in [-0.1, -0.05) is 0 Å². The number of ether oxygens (including phenoxy) is 1. The average Bonchev–Trinajstić information content (AvgIpc) is 2.81. The zero-order valence-electron chi connectivity index (χ0n) is 8.60. The minimum Gasteiger partial charge on any atom is -0.366 e. The molecule has 16 heavy (non-hydrogen) atoms. The van der Waals surface area contributed by atoms with E-state index in [1.807, 2.05) is 0 Å². The first-order valence-electron chi connectivity index (χ1n) is 4.86. The fourth-order valence-corrected chi connectivity index (χ4v) is 1.22. The molecule has 0 saturated heterocycles. The molecule has 0 bridgehead atoms. The maximum Gasteiger partial charge on any atom is 0.173 e. The van der Waals surface area contributed by atoms with E-state index in [0.717, 1.165) is 0 Å². The van der Waals surface area contributed by atoms with Crippen molar-refractivity contribution in [2.75, 3.05) is 0 Å². The Morgan fingerprint density at radius 3 is 3.06 bits per heavy atom. The summed E-state index contributed by atoms with van der Waals surface area (Å²) >= 11 is 0. The van der Waals surface area contributed by atoms with E-state index in [9.17, 15) is 5.11 Å². The highest BCUT2D eigenvalue weighted by Crippen LogP contribution is 1.99. The molecule has 2 rings (SSSR count). The van der Waals surface area contributed by atoms with Crippen LogP contribution in [0, 0.1) is 0 Å². The van der Waals surface area contributed by atoms with Gasteiger partial charge in [-0.25, -0.2) is 4.98 Å². The Morgan fingerprint density at radius 2 is 2.38 bits per heavy atom. The van der Waals surface area contributed by atoms with Crippen molar-refractivity contribution in [3.05, 3.63) is 42.7 Å².